The second-order valence-electron chi connectivity index (χ2n) is 3.68. The van der Waals surface area contributed by atoms with Gasteiger partial charge in [0.25, 0.3) is 0 Å². The summed E-state index contributed by atoms with van der Waals surface area (Å²) < 4.78 is 4.95. The molecule has 0 spiro atoms. The number of thiophene rings is 1. The van der Waals surface area contributed by atoms with Gasteiger partial charge in [-0.15, -0.1) is 11.3 Å². The van der Waals surface area contributed by atoms with Crippen molar-refractivity contribution in [1.29, 1.82) is 0 Å². The molecule has 0 bridgehead atoms. The molecule has 0 aliphatic rings. The summed E-state index contributed by atoms with van der Waals surface area (Å²) in [6, 6.07) is 0. The molecule has 7 heteroatoms. The minimum absolute atomic E-state index is 0.306. The largest absolute Gasteiger partial charge is 0.477 e. The molecular weight excluding hydrogens is 254 g/mol. The first-order valence-corrected chi connectivity index (χ1v) is 6.17. The first-order valence-electron chi connectivity index (χ1n) is 5.35. The highest BCUT2D eigenvalue weighted by Gasteiger charge is 2.18. The number of aromatic carboxylic acids is 1. The molecule has 0 fully saturated rings. The number of carboxylic acid groups (broad SMARTS) is 1. The van der Waals surface area contributed by atoms with E-state index >= 15 is 0 Å². The predicted molar refractivity (Wildman–Crippen MR) is 69.5 cm³/mol. The molecule has 0 aliphatic carbocycles. The predicted octanol–water partition coefficient (Wildman–Crippen LogP) is 1.76. The number of methoxy groups -OCH3 is 1. The first kappa shape index (κ1) is 12.7. The number of nitrogens with zero attached hydrogens (tertiary/aromatic N) is 2. The van der Waals surface area contributed by atoms with Crippen LogP contribution in [0.3, 0.4) is 0 Å². The Bertz CT molecular complexity index is 582. The Balaban J connectivity index is 2.44. The molecule has 2 rings (SSSR count). The van der Waals surface area contributed by atoms with E-state index < -0.39 is 5.97 Å². The van der Waals surface area contributed by atoms with E-state index in [4.69, 9.17) is 9.84 Å². The summed E-state index contributed by atoms with van der Waals surface area (Å²) in [6.45, 7) is 2.94. The monoisotopic (exact) mass is 267 g/mol. The Morgan fingerprint density at radius 3 is 3.00 bits per heavy atom. The van der Waals surface area contributed by atoms with E-state index in [0.29, 0.717) is 34.2 Å². The number of anilines is 1. The Morgan fingerprint density at radius 1 is 1.56 bits per heavy atom. The minimum Gasteiger partial charge on any atom is -0.477 e. The first-order chi connectivity index (χ1) is 8.65. The van der Waals surface area contributed by atoms with Gasteiger partial charge in [0, 0.05) is 13.7 Å². The number of hydrogen-bond acceptors (Lipinski definition) is 6. The highest BCUT2D eigenvalue weighted by Crippen LogP contribution is 2.32. The van der Waals surface area contributed by atoms with Gasteiger partial charge in [0.2, 0.25) is 0 Å². The maximum atomic E-state index is 11.1. The van der Waals surface area contributed by atoms with Crippen molar-refractivity contribution < 1.29 is 14.6 Å². The van der Waals surface area contributed by atoms with Crippen LogP contribution in [0.4, 0.5) is 5.82 Å². The fraction of sp³-hybridized carbons (Fsp3) is 0.364. The molecule has 0 saturated carbocycles. The lowest BCUT2D eigenvalue weighted by Gasteiger charge is -2.06. The van der Waals surface area contributed by atoms with E-state index in [1.807, 2.05) is 0 Å². The molecule has 0 aliphatic heterocycles. The third kappa shape index (κ3) is 2.27. The van der Waals surface area contributed by atoms with E-state index in [0.717, 1.165) is 16.7 Å². The number of rotatable bonds is 5. The Hall–Kier alpha value is -1.73. The van der Waals surface area contributed by atoms with Crippen molar-refractivity contribution in [2.75, 3.05) is 25.6 Å². The molecule has 0 atom stereocenters. The Labute approximate surface area is 108 Å². The molecule has 96 valence electrons. The molecule has 6 nitrogen and oxygen atoms in total. The number of hydrogen-bond donors (Lipinski definition) is 2. The number of aryl methyl sites for hydroxylation is 1. The van der Waals surface area contributed by atoms with Crippen molar-refractivity contribution in [2.45, 2.75) is 6.92 Å². The van der Waals surface area contributed by atoms with Crippen molar-refractivity contribution in [3.63, 3.8) is 0 Å². The lowest BCUT2D eigenvalue weighted by Crippen LogP contribution is -2.09. The number of fused-ring (bicyclic) bond motifs is 1. The summed E-state index contributed by atoms with van der Waals surface area (Å²) in [4.78, 5) is 20.3. The highest BCUT2D eigenvalue weighted by atomic mass is 32.1. The van der Waals surface area contributed by atoms with Crippen molar-refractivity contribution in [2.24, 2.45) is 0 Å². The maximum absolute atomic E-state index is 11.1. The van der Waals surface area contributed by atoms with Gasteiger partial charge in [-0.1, -0.05) is 0 Å². The van der Waals surface area contributed by atoms with Crippen LogP contribution in [0, 0.1) is 6.92 Å². The van der Waals surface area contributed by atoms with Gasteiger partial charge in [-0.2, -0.15) is 0 Å². The molecule has 18 heavy (non-hydrogen) atoms. The maximum Gasteiger partial charge on any atom is 0.346 e. The van der Waals surface area contributed by atoms with Crippen LogP contribution in [0.15, 0.2) is 6.33 Å². The summed E-state index contributed by atoms with van der Waals surface area (Å²) in [5.74, 6) is -0.281. The zero-order valence-electron chi connectivity index (χ0n) is 10.1. The van der Waals surface area contributed by atoms with E-state index in [1.54, 1.807) is 14.0 Å². The van der Waals surface area contributed by atoms with Gasteiger partial charge in [-0.05, 0) is 12.5 Å². The van der Waals surface area contributed by atoms with Crippen LogP contribution in [0.25, 0.3) is 10.2 Å². The third-order valence-electron chi connectivity index (χ3n) is 2.52. The number of ether oxygens (including phenoxy) is 1. The summed E-state index contributed by atoms with van der Waals surface area (Å²) in [5, 5.41) is 13.0. The summed E-state index contributed by atoms with van der Waals surface area (Å²) in [6.07, 6.45) is 1.43. The van der Waals surface area contributed by atoms with Gasteiger partial charge in [0.05, 0.1) is 12.0 Å². The standard InChI is InChI=1S/C11H13N3O3S/c1-6-7-9(12-3-4-17-2)13-5-14-10(7)18-8(6)11(15)16/h5H,3-4H2,1-2H3,(H,15,16)(H,12,13,14). The van der Waals surface area contributed by atoms with Gasteiger partial charge in [-0.25, -0.2) is 14.8 Å². The zero-order valence-corrected chi connectivity index (χ0v) is 10.9. The van der Waals surface area contributed by atoms with Crippen molar-refractivity contribution >= 4 is 33.3 Å². The highest BCUT2D eigenvalue weighted by molar-refractivity contribution is 7.20. The molecule has 2 aromatic rings. The minimum atomic E-state index is -0.932. The molecule has 0 amide bonds. The summed E-state index contributed by atoms with van der Waals surface area (Å²) >= 11 is 1.16. The number of carbonyl (C=O) groups is 1. The number of nitrogens with one attached hydrogen (secondary N) is 1. The van der Waals surface area contributed by atoms with Crippen molar-refractivity contribution in [3.05, 3.63) is 16.8 Å². The second kappa shape index (κ2) is 5.28. The topological polar surface area (TPSA) is 84.3 Å². The molecule has 0 radical (unpaired) electrons. The van der Waals surface area contributed by atoms with Crippen LogP contribution in [0.2, 0.25) is 0 Å². The molecule has 2 heterocycles. The van der Waals surface area contributed by atoms with E-state index in [9.17, 15) is 4.79 Å². The van der Waals surface area contributed by atoms with Gasteiger partial charge >= 0.3 is 5.97 Å². The average Bonchev–Trinajstić information content (AvgIpc) is 2.68. The Morgan fingerprint density at radius 2 is 2.33 bits per heavy atom. The van der Waals surface area contributed by atoms with Crippen LogP contribution >= 0.6 is 11.3 Å². The summed E-state index contributed by atoms with van der Waals surface area (Å²) in [7, 11) is 1.62. The van der Waals surface area contributed by atoms with Gasteiger partial charge in [-0.3, -0.25) is 0 Å². The van der Waals surface area contributed by atoms with E-state index in [1.165, 1.54) is 6.33 Å². The Kier molecular flexibility index (Phi) is 3.73. The van der Waals surface area contributed by atoms with E-state index in [-0.39, 0.29) is 0 Å². The lowest BCUT2D eigenvalue weighted by molar-refractivity contribution is 0.0701. The van der Waals surface area contributed by atoms with Crippen molar-refractivity contribution in [3.8, 4) is 0 Å². The van der Waals surface area contributed by atoms with Crippen LogP contribution in [0.1, 0.15) is 15.2 Å². The fourth-order valence-electron chi connectivity index (χ4n) is 1.68. The van der Waals surface area contributed by atoms with Crippen LogP contribution in [-0.2, 0) is 4.74 Å². The quantitative estimate of drug-likeness (QED) is 0.803. The zero-order chi connectivity index (χ0) is 13.1. The van der Waals surface area contributed by atoms with Crippen LogP contribution < -0.4 is 5.32 Å². The van der Waals surface area contributed by atoms with Crippen molar-refractivity contribution in [1.82, 2.24) is 9.97 Å². The molecular formula is C11H13N3O3S. The molecule has 0 aromatic carbocycles. The number of carboxylic acids is 1. The molecule has 0 saturated heterocycles. The SMILES string of the molecule is COCCNc1ncnc2sc(C(=O)O)c(C)c12. The lowest BCUT2D eigenvalue weighted by atomic mass is 10.2. The fourth-order valence-corrected chi connectivity index (χ4v) is 2.67. The average molecular weight is 267 g/mol. The molecule has 2 N–H and O–H groups in total. The molecule has 2 aromatic heterocycles. The normalized spacial score (nSPS) is 10.8. The van der Waals surface area contributed by atoms with Crippen LogP contribution in [-0.4, -0.2) is 41.3 Å². The third-order valence-corrected chi connectivity index (χ3v) is 3.71. The second-order valence-corrected chi connectivity index (χ2v) is 4.68. The number of aromatic nitrogens is 2. The summed E-state index contributed by atoms with van der Waals surface area (Å²) in [5.41, 5.74) is 0.697. The van der Waals surface area contributed by atoms with Gasteiger partial charge in [0.1, 0.15) is 21.9 Å². The van der Waals surface area contributed by atoms with Gasteiger partial charge in [0.15, 0.2) is 0 Å². The molecule has 0 unspecified atom stereocenters. The van der Waals surface area contributed by atoms with Crippen LogP contribution in [0.5, 0.6) is 0 Å². The smallest absolute Gasteiger partial charge is 0.346 e. The van der Waals surface area contributed by atoms with Gasteiger partial charge < -0.3 is 15.2 Å². The van der Waals surface area contributed by atoms with E-state index in [2.05, 4.69) is 15.3 Å².